The summed E-state index contributed by atoms with van der Waals surface area (Å²) in [5.41, 5.74) is 0. The van der Waals surface area contributed by atoms with Crippen LogP contribution in [0, 0.1) is 5.92 Å². The first-order valence-electron chi connectivity index (χ1n) is 3.80. The van der Waals surface area contributed by atoms with Gasteiger partial charge in [-0.3, -0.25) is 4.79 Å². The lowest BCUT2D eigenvalue weighted by Gasteiger charge is -2.13. The van der Waals surface area contributed by atoms with Gasteiger partial charge in [-0.15, -0.1) is 11.6 Å². The Bertz CT molecular complexity index is 112. The molecule has 0 heterocycles. The molecule has 0 saturated carbocycles. The highest BCUT2D eigenvalue weighted by Gasteiger charge is 2.18. The van der Waals surface area contributed by atoms with E-state index in [1.807, 2.05) is 20.8 Å². The van der Waals surface area contributed by atoms with Gasteiger partial charge >= 0.3 is 0 Å². The van der Waals surface area contributed by atoms with Crippen LogP contribution in [-0.4, -0.2) is 11.2 Å². The van der Waals surface area contributed by atoms with Gasteiger partial charge in [0, 0.05) is 17.7 Å². The first-order chi connectivity index (χ1) is 4.63. The smallest absolute Gasteiger partial charge is 0.136 e. The number of carbonyl (C=O) groups excluding carboxylic acids is 1. The molecule has 0 amide bonds. The van der Waals surface area contributed by atoms with Gasteiger partial charge in [0.15, 0.2) is 0 Å². The second kappa shape index (κ2) is 4.73. The Morgan fingerprint density at radius 2 is 2.00 bits per heavy atom. The molecule has 2 atom stereocenters. The van der Waals surface area contributed by atoms with Crippen molar-refractivity contribution >= 4 is 17.4 Å². The number of rotatable bonds is 4. The van der Waals surface area contributed by atoms with Crippen LogP contribution in [0.25, 0.3) is 0 Å². The second-order valence-corrected chi connectivity index (χ2v) is 3.09. The van der Waals surface area contributed by atoms with Crippen LogP contribution in [0.2, 0.25) is 0 Å². The van der Waals surface area contributed by atoms with E-state index >= 15 is 0 Å². The molecule has 0 N–H and O–H groups in total. The Morgan fingerprint density at radius 3 is 2.30 bits per heavy atom. The maximum atomic E-state index is 11.0. The highest BCUT2D eigenvalue weighted by atomic mass is 35.5. The van der Waals surface area contributed by atoms with Crippen LogP contribution < -0.4 is 0 Å². The van der Waals surface area contributed by atoms with Crippen molar-refractivity contribution in [3.63, 3.8) is 0 Å². The number of alkyl halides is 1. The van der Waals surface area contributed by atoms with Gasteiger partial charge in [0.1, 0.15) is 5.78 Å². The summed E-state index contributed by atoms with van der Waals surface area (Å²) in [6, 6.07) is 0. The molecule has 0 aromatic heterocycles. The molecule has 1 nitrogen and oxygen atoms in total. The van der Waals surface area contributed by atoms with Crippen molar-refractivity contribution in [2.75, 3.05) is 0 Å². The number of halogens is 1. The molecule has 0 radical (unpaired) electrons. The molecule has 0 aliphatic rings. The SMILES string of the molecule is CCC(=O)C(C)C(Cl)CC. The molecule has 0 aromatic carbocycles. The quantitative estimate of drug-likeness (QED) is 0.581. The van der Waals surface area contributed by atoms with Crippen molar-refractivity contribution in [3.8, 4) is 0 Å². The van der Waals surface area contributed by atoms with Gasteiger partial charge < -0.3 is 0 Å². The van der Waals surface area contributed by atoms with Gasteiger partial charge in [-0.2, -0.15) is 0 Å². The summed E-state index contributed by atoms with van der Waals surface area (Å²) >= 11 is 5.87. The van der Waals surface area contributed by atoms with E-state index in [0.29, 0.717) is 6.42 Å². The molecular weight excluding hydrogens is 148 g/mol. The molecular formula is C8H15ClO. The van der Waals surface area contributed by atoms with Crippen LogP contribution >= 0.6 is 11.6 Å². The monoisotopic (exact) mass is 162 g/mol. The van der Waals surface area contributed by atoms with Gasteiger partial charge in [-0.1, -0.05) is 20.8 Å². The fourth-order valence-electron chi connectivity index (χ4n) is 0.877. The Kier molecular flexibility index (Phi) is 4.71. The van der Waals surface area contributed by atoms with Crippen molar-refractivity contribution in [2.45, 2.75) is 39.0 Å². The molecule has 0 aliphatic carbocycles. The Labute approximate surface area is 67.8 Å². The normalized spacial score (nSPS) is 16.4. The number of hydrogen-bond donors (Lipinski definition) is 0. The number of ketones is 1. The number of hydrogen-bond acceptors (Lipinski definition) is 1. The summed E-state index contributed by atoms with van der Waals surface area (Å²) in [6.45, 7) is 5.77. The van der Waals surface area contributed by atoms with Crippen LogP contribution in [0.15, 0.2) is 0 Å². The summed E-state index contributed by atoms with van der Waals surface area (Å²) in [6.07, 6.45) is 1.47. The minimum absolute atomic E-state index is 0.0208. The largest absolute Gasteiger partial charge is 0.299 e. The minimum Gasteiger partial charge on any atom is -0.299 e. The van der Waals surface area contributed by atoms with Crippen molar-refractivity contribution in [2.24, 2.45) is 5.92 Å². The summed E-state index contributed by atoms with van der Waals surface area (Å²) in [5.74, 6) is 0.290. The summed E-state index contributed by atoms with van der Waals surface area (Å²) in [7, 11) is 0. The van der Waals surface area contributed by atoms with Gasteiger partial charge in [0.2, 0.25) is 0 Å². The van der Waals surface area contributed by atoms with Gasteiger partial charge in [-0.25, -0.2) is 0 Å². The minimum atomic E-state index is 0.0208. The lowest BCUT2D eigenvalue weighted by atomic mass is 9.99. The molecule has 10 heavy (non-hydrogen) atoms. The lowest BCUT2D eigenvalue weighted by Crippen LogP contribution is -2.19. The summed E-state index contributed by atoms with van der Waals surface area (Å²) in [5, 5.41) is 0.0208. The fraction of sp³-hybridized carbons (Fsp3) is 0.875. The third-order valence-electron chi connectivity index (χ3n) is 1.79. The number of carbonyl (C=O) groups is 1. The molecule has 60 valence electrons. The topological polar surface area (TPSA) is 17.1 Å². The highest BCUT2D eigenvalue weighted by molar-refractivity contribution is 6.22. The zero-order valence-electron chi connectivity index (χ0n) is 6.86. The summed E-state index contributed by atoms with van der Waals surface area (Å²) < 4.78 is 0. The molecule has 0 aromatic rings. The maximum Gasteiger partial charge on any atom is 0.136 e. The predicted molar refractivity (Wildman–Crippen MR) is 44.4 cm³/mol. The molecule has 2 unspecified atom stereocenters. The van der Waals surface area contributed by atoms with E-state index in [2.05, 4.69) is 0 Å². The maximum absolute atomic E-state index is 11.0. The average Bonchev–Trinajstić information content (AvgIpc) is 2.00. The zero-order chi connectivity index (χ0) is 8.15. The van der Waals surface area contributed by atoms with Gasteiger partial charge in [-0.05, 0) is 6.42 Å². The third-order valence-corrected chi connectivity index (χ3v) is 2.48. The molecule has 0 fully saturated rings. The Morgan fingerprint density at radius 1 is 1.50 bits per heavy atom. The fourth-order valence-corrected chi connectivity index (χ4v) is 1.02. The molecule has 0 saturated heterocycles. The van der Waals surface area contributed by atoms with E-state index in [-0.39, 0.29) is 17.1 Å². The van der Waals surface area contributed by atoms with E-state index in [1.165, 1.54) is 0 Å². The molecule has 0 bridgehead atoms. The van der Waals surface area contributed by atoms with Crippen LogP contribution in [-0.2, 0) is 4.79 Å². The standard InChI is InChI=1S/C8H15ClO/c1-4-7(9)6(3)8(10)5-2/h6-7H,4-5H2,1-3H3. The van der Waals surface area contributed by atoms with Crippen LogP contribution in [0.4, 0.5) is 0 Å². The van der Waals surface area contributed by atoms with Crippen molar-refractivity contribution in [3.05, 3.63) is 0 Å². The lowest BCUT2D eigenvalue weighted by molar-refractivity contribution is -0.122. The van der Waals surface area contributed by atoms with Gasteiger partial charge in [0.25, 0.3) is 0 Å². The first kappa shape index (κ1) is 9.96. The van der Waals surface area contributed by atoms with E-state index in [9.17, 15) is 4.79 Å². The molecule has 2 heteroatoms. The predicted octanol–water partition coefficient (Wildman–Crippen LogP) is 2.62. The van der Waals surface area contributed by atoms with Crippen LogP contribution in [0.5, 0.6) is 0 Å². The van der Waals surface area contributed by atoms with E-state index in [1.54, 1.807) is 0 Å². The van der Waals surface area contributed by atoms with Crippen molar-refractivity contribution in [1.82, 2.24) is 0 Å². The molecule has 0 aliphatic heterocycles. The highest BCUT2D eigenvalue weighted by Crippen LogP contribution is 2.15. The third kappa shape index (κ3) is 2.70. The molecule has 0 rings (SSSR count). The zero-order valence-corrected chi connectivity index (χ0v) is 7.61. The Hall–Kier alpha value is -0.0400. The van der Waals surface area contributed by atoms with Crippen molar-refractivity contribution in [1.29, 1.82) is 0 Å². The first-order valence-corrected chi connectivity index (χ1v) is 4.23. The van der Waals surface area contributed by atoms with E-state index < -0.39 is 0 Å². The van der Waals surface area contributed by atoms with Gasteiger partial charge in [0.05, 0.1) is 0 Å². The number of Topliss-reactive ketones (excluding diaryl/α,β-unsaturated/α-hetero) is 1. The van der Waals surface area contributed by atoms with Crippen LogP contribution in [0.3, 0.4) is 0 Å². The van der Waals surface area contributed by atoms with Crippen molar-refractivity contribution < 1.29 is 4.79 Å². The molecule has 0 spiro atoms. The van der Waals surface area contributed by atoms with E-state index in [4.69, 9.17) is 11.6 Å². The second-order valence-electron chi connectivity index (χ2n) is 2.53. The van der Waals surface area contributed by atoms with E-state index in [0.717, 1.165) is 6.42 Å². The average molecular weight is 163 g/mol. The summed E-state index contributed by atoms with van der Waals surface area (Å²) in [4.78, 5) is 11.0. The Balaban J connectivity index is 3.81. The van der Waals surface area contributed by atoms with Crippen LogP contribution in [0.1, 0.15) is 33.6 Å².